The van der Waals surface area contributed by atoms with Gasteiger partial charge in [-0.3, -0.25) is 14.5 Å². The monoisotopic (exact) mass is 409 g/mol. The van der Waals surface area contributed by atoms with Crippen molar-refractivity contribution in [3.8, 4) is 0 Å². The zero-order valence-corrected chi connectivity index (χ0v) is 17.4. The molecular weight excluding hydrogens is 386 g/mol. The number of hydrogen-bond donors (Lipinski definition) is 2. The van der Waals surface area contributed by atoms with Gasteiger partial charge in [0.15, 0.2) is 0 Å². The van der Waals surface area contributed by atoms with Crippen LogP contribution < -0.4 is 10.0 Å². The fourth-order valence-corrected chi connectivity index (χ4v) is 4.25. The summed E-state index contributed by atoms with van der Waals surface area (Å²) < 4.78 is 28.6. The Hall–Kier alpha value is -3.19. The summed E-state index contributed by atoms with van der Waals surface area (Å²) in [5, 5.41) is 2.76. The van der Waals surface area contributed by atoms with Gasteiger partial charge in [-0.1, -0.05) is 24.3 Å². The van der Waals surface area contributed by atoms with Crippen LogP contribution in [0.2, 0.25) is 0 Å². The largest absolute Gasteiger partial charge is 0.346 e. The fraction of sp³-hybridized carbons (Fsp3) is 0.182. The van der Waals surface area contributed by atoms with Crippen molar-refractivity contribution in [1.82, 2.24) is 10.3 Å². The molecule has 3 aromatic rings. The average molecular weight is 410 g/mol. The number of rotatable bonds is 6. The molecule has 1 aromatic heterocycles. The van der Waals surface area contributed by atoms with E-state index < -0.39 is 10.0 Å². The van der Waals surface area contributed by atoms with Crippen LogP contribution in [0.5, 0.6) is 0 Å². The summed E-state index contributed by atoms with van der Waals surface area (Å²) in [5.74, 6) is -0.362. The van der Waals surface area contributed by atoms with Gasteiger partial charge in [0.05, 0.1) is 22.8 Å². The van der Waals surface area contributed by atoms with E-state index in [1.165, 1.54) is 6.07 Å². The highest BCUT2D eigenvalue weighted by atomic mass is 32.2. The van der Waals surface area contributed by atoms with Crippen molar-refractivity contribution in [3.63, 3.8) is 0 Å². The third-order valence-electron chi connectivity index (χ3n) is 4.53. The van der Waals surface area contributed by atoms with Crippen LogP contribution in [0.1, 0.15) is 32.7 Å². The maximum Gasteiger partial charge on any atom is 0.262 e. The van der Waals surface area contributed by atoms with Crippen molar-refractivity contribution in [1.29, 1.82) is 0 Å². The van der Waals surface area contributed by atoms with Crippen molar-refractivity contribution in [2.24, 2.45) is 0 Å². The zero-order chi connectivity index (χ0) is 21.0. The number of hydrogen-bond acceptors (Lipinski definition) is 4. The molecule has 0 aliphatic carbocycles. The summed E-state index contributed by atoms with van der Waals surface area (Å²) in [6.07, 6.45) is 1.65. The van der Waals surface area contributed by atoms with E-state index in [1.54, 1.807) is 43.5 Å². The van der Waals surface area contributed by atoms with E-state index >= 15 is 0 Å². The number of nitrogens with one attached hydrogen (secondary N) is 2. The van der Waals surface area contributed by atoms with E-state index in [1.807, 2.05) is 32.0 Å². The van der Waals surface area contributed by atoms with E-state index in [2.05, 4.69) is 15.0 Å². The molecule has 0 atom stereocenters. The van der Waals surface area contributed by atoms with Crippen molar-refractivity contribution < 1.29 is 13.2 Å². The van der Waals surface area contributed by atoms with Crippen molar-refractivity contribution in [2.45, 2.75) is 32.2 Å². The molecule has 0 unspecified atom stereocenters. The number of sulfonamides is 1. The Morgan fingerprint density at radius 2 is 1.72 bits per heavy atom. The van der Waals surface area contributed by atoms with E-state index in [0.29, 0.717) is 11.3 Å². The molecule has 29 heavy (non-hydrogen) atoms. The predicted molar refractivity (Wildman–Crippen MR) is 113 cm³/mol. The van der Waals surface area contributed by atoms with E-state index in [-0.39, 0.29) is 22.9 Å². The first-order chi connectivity index (χ1) is 13.8. The molecule has 150 valence electrons. The smallest absolute Gasteiger partial charge is 0.262 e. The minimum atomic E-state index is -3.85. The highest BCUT2D eigenvalue weighted by Crippen LogP contribution is 2.24. The summed E-state index contributed by atoms with van der Waals surface area (Å²) in [4.78, 5) is 16.7. The highest BCUT2D eigenvalue weighted by Gasteiger charge is 2.20. The molecule has 0 fully saturated rings. The Bertz CT molecular complexity index is 1140. The molecule has 6 nitrogen and oxygen atoms in total. The van der Waals surface area contributed by atoms with Crippen LogP contribution in [0, 0.1) is 20.8 Å². The quantitative estimate of drug-likeness (QED) is 0.649. The van der Waals surface area contributed by atoms with Crippen molar-refractivity contribution >= 4 is 21.6 Å². The van der Waals surface area contributed by atoms with Gasteiger partial charge in [0, 0.05) is 11.8 Å². The minimum absolute atomic E-state index is 0.0730. The Kier molecular flexibility index (Phi) is 5.98. The van der Waals surface area contributed by atoms with Crippen LogP contribution >= 0.6 is 0 Å². The van der Waals surface area contributed by atoms with Crippen LogP contribution in [0.25, 0.3) is 0 Å². The number of nitrogens with zero attached hydrogens (tertiary/aromatic N) is 1. The zero-order valence-electron chi connectivity index (χ0n) is 16.6. The Labute approximate surface area is 171 Å². The highest BCUT2D eigenvalue weighted by molar-refractivity contribution is 7.92. The summed E-state index contributed by atoms with van der Waals surface area (Å²) in [6, 6.07) is 15.6. The first kappa shape index (κ1) is 20.5. The fourth-order valence-electron chi connectivity index (χ4n) is 2.85. The molecule has 1 heterocycles. The third kappa shape index (κ3) is 5.00. The summed E-state index contributed by atoms with van der Waals surface area (Å²) in [5.41, 5.74) is 3.84. The van der Waals surface area contributed by atoms with E-state index in [0.717, 1.165) is 16.8 Å². The second-order valence-corrected chi connectivity index (χ2v) is 8.56. The lowest BCUT2D eigenvalue weighted by Gasteiger charge is -2.14. The Morgan fingerprint density at radius 1 is 0.966 bits per heavy atom. The molecule has 0 saturated carbocycles. The SMILES string of the molecule is Cc1ccc(C)c(NS(=O)(=O)c2cc(C(=O)NCc3ccccn3)ccc2C)c1. The van der Waals surface area contributed by atoms with Crippen molar-refractivity contribution in [3.05, 3.63) is 88.7 Å². The van der Waals surface area contributed by atoms with Gasteiger partial charge in [0.1, 0.15) is 0 Å². The molecule has 1 amide bonds. The molecule has 7 heteroatoms. The molecule has 0 bridgehead atoms. The lowest BCUT2D eigenvalue weighted by atomic mass is 10.1. The van der Waals surface area contributed by atoms with Gasteiger partial charge in [0.2, 0.25) is 0 Å². The number of aryl methyl sites for hydroxylation is 3. The van der Waals surface area contributed by atoms with Gasteiger partial charge in [-0.15, -0.1) is 0 Å². The van der Waals surface area contributed by atoms with Gasteiger partial charge >= 0.3 is 0 Å². The number of aromatic nitrogens is 1. The third-order valence-corrected chi connectivity index (χ3v) is 6.04. The number of carbonyl (C=O) groups excluding carboxylic acids is 1. The van der Waals surface area contributed by atoms with Crippen LogP contribution in [0.3, 0.4) is 0 Å². The molecule has 0 saturated heterocycles. The number of benzene rings is 2. The molecule has 0 spiro atoms. The van der Waals surface area contributed by atoms with Gasteiger partial charge in [-0.25, -0.2) is 8.42 Å². The second kappa shape index (κ2) is 8.45. The topological polar surface area (TPSA) is 88.2 Å². The first-order valence-corrected chi connectivity index (χ1v) is 10.6. The van der Waals surface area contributed by atoms with Crippen LogP contribution in [-0.2, 0) is 16.6 Å². The number of pyridine rings is 1. The lowest BCUT2D eigenvalue weighted by Crippen LogP contribution is -2.24. The van der Waals surface area contributed by atoms with Gasteiger partial charge in [0.25, 0.3) is 15.9 Å². The van der Waals surface area contributed by atoms with E-state index in [9.17, 15) is 13.2 Å². The first-order valence-electron chi connectivity index (χ1n) is 9.15. The summed E-state index contributed by atoms with van der Waals surface area (Å²) >= 11 is 0. The second-order valence-electron chi connectivity index (χ2n) is 6.91. The van der Waals surface area contributed by atoms with Crippen LogP contribution in [0.4, 0.5) is 5.69 Å². The molecule has 3 rings (SSSR count). The Morgan fingerprint density at radius 3 is 2.45 bits per heavy atom. The normalized spacial score (nSPS) is 11.1. The molecule has 0 aliphatic heterocycles. The Balaban J connectivity index is 1.84. The van der Waals surface area contributed by atoms with Crippen LogP contribution in [-0.4, -0.2) is 19.3 Å². The van der Waals surface area contributed by atoms with Gasteiger partial charge in [-0.05, 0) is 67.8 Å². The molecular formula is C22H23N3O3S. The average Bonchev–Trinajstić information content (AvgIpc) is 2.69. The van der Waals surface area contributed by atoms with E-state index in [4.69, 9.17) is 0 Å². The predicted octanol–water partition coefficient (Wildman–Crippen LogP) is 3.74. The number of anilines is 1. The maximum absolute atomic E-state index is 13.0. The number of carbonyl (C=O) groups is 1. The van der Waals surface area contributed by atoms with Crippen molar-refractivity contribution in [2.75, 3.05) is 4.72 Å². The number of amides is 1. The lowest BCUT2D eigenvalue weighted by molar-refractivity contribution is 0.0950. The minimum Gasteiger partial charge on any atom is -0.346 e. The molecule has 0 aliphatic rings. The van der Waals surface area contributed by atoms with Crippen LogP contribution in [0.15, 0.2) is 65.7 Å². The standard InChI is InChI=1S/C22H23N3O3S/c1-15-7-8-16(2)20(12-15)25-29(27,28)21-13-18(10-9-17(21)3)22(26)24-14-19-6-4-5-11-23-19/h4-13,25H,14H2,1-3H3,(H,24,26). The molecule has 2 aromatic carbocycles. The summed E-state index contributed by atoms with van der Waals surface area (Å²) in [7, 11) is -3.85. The molecule has 2 N–H and O–H groups in total. The van der Waals surface area contributed by atoms with Gasteiger partial charge < -0.3 is 5.32 Å². The molecule has 0 radical (unpaired) electrons. The summed E-state index contributed by atoms with van der Waals surface area (Å²) in [6.45, 7) is 5.70. The van der Waals surface area contributed by atoms with Gasteiger partial charge in [-0.2, -0.15) is 0 Å². The maximum atomic E-state index is 13.0.